The molecule has 4 aliphatic carbocycles. The molecule has 1 N–H and O–H groups in total. The number of carbonyl (C=O) groups is 1. The Bertz CT molecular complexity index is 839. The summed E-state index contributed by atoms with van der Waals surface area (Å²) in [5, 5.41) is 22.8. The number of Topliss-reactive ketones (excluding diaryl/α,β-unsaturated/α-hetero) is 1. The van der Waals surface area contributed by atoms with Crippen LogP contribution in [-0.4, -0.2) is 49.9 Å². The Morgan fingerprint density at radius 3 is 2.68 bits per heavy atom. The van der Waals surface area contributed by atoms with Crippen molar-refractivity contribution in [2.45, 2.75) is 90.4 Å². The Morgan fingerprint density at radius 1 is 1.16 bits per heavy atom. The summed E-state index contributed by atoms with van der Waals surface area (Å²) in [6.07, 6.45) is 8.71. The zero-order chi connectivity index (χ0) is 22.0. The molecular formula is C24H38N4O3. The van der Waals surface area contributed by atoms with Gasteiger partial charge in [-0.25, -0.2) is 0 Å². The lowest BCUT2D eigenvalue weighted by molar-refractivity contribution is -0.165. The van der Waals surface area contributed by atoms with Gasteiger partial charge in [0.2, 0.25) is 0 Å². The molecule has 172 valence electrons. The molecule has 0 bridgehead atoms. The molecule has 1 aromatic heterocycles. The van der Waals surface area contributed by atoms with Crippen molar-refractivity contribution in [2.75, 3.05) is 7.11 Å². The number of hydrogen-bond donors (Lipinski definition) is 1. The summed E-state index contributed by atoms with van der Waals surface area (Å²) in [5.41, 5.74) is -0.605. The van der Waals surface area contributed by atoms with E-state index in [2.05, 4.69) is 22.3 Å². The quantitative estimate of drug-likeness (QED) is 0.789. The predicted molar refractivity (Wildman–Crippen MR) is 115 cm³/mol. The molecule has 5 rings (SSSR count). The van der Waals surface area contributed by atoms with E-state index in [1.165, 1.54) is 17.6 Å². The average molecular weight is 431 g/mol. The van der Waals surface area contributed by atoms with Crippen LogP contribution in [0.4, 0.5) is 0 Å². The number of ketones is 1. The lowest BCUT2D eigenvalue weighted by Gasteiger charge is -2.59. The maximum absolute atomic E-state index is 13.4. The lowest BCUT2D eigenvalue weighted by Crippen LogP contribution is -2.57. The van der Waals surface area contributed by atoms with Crippen molar-refractivity contribution < 1.29 is 14.6 Å². The number of aliphatic hydroxyl groups is 1. The van der Waals surface area contributed by atoms with Gasteiger partial charge in [0.25, 0.3) is 0 Å². The van der Waals surface area contributed by atoms with Gasteiger partial charge in [0.1, 0.15) is 6.54 Å². The Kier molecular flexibility index (Phi) is 5.28. The first-order valence-corrected chi connectivity index (χ1v) is 12.2. The van der Waals surface area contributed by atoms with E-state index in [1.54, 1.807) is 6.92 Å². The molecule has 4 fully saturated rings. The first kappa shape index (κ1) is 21.5. The average Bonchev–Trinajstić information content (AvgIpc) is 3.28. The summed E-state index contributed by atoms with van der Waals surface area (Å²) < 4.78 is 6.16. The van der Waals surface area contributed by atoms with Crippen molar-refractivity contribution in [1.82, 2.24) is 20.2 Å². The lowest BCUT2D eigenvalue weighted by atomic mass is 9.48. The number of methoxy groups -OCH3 is 1. The Morgan fingerprint density at radius 2 is 1.97 bits per heavy atom. The number of rotatable bonds is 4. The van der Waals surface area contributed by atoms with Crippen molar-refractivity contribution >= 4 is 5.78 Å². The van der Waals surface area contributed by atoms with Gasteiger partial charge in [0, 0.05) is 18.4 Å². The van der Waals surface area contributed by atoms with Gasteiger partial charge in [-0.1, -0.05) is 6.92 Å². The number of ether oxygens (including phenoxy) is 1. The SMILES string of the molecule is CO[C@@H]1C[C@H]2[C@@H](CC[C@H]3C[C@](C)(O)CC[C@@H]32)[C@@H]2CC[C@H](C(=O)Cn3nnc(C)n3)[C@@]12C. The van der Waals surface area contributed by atoms with Crippen LogP contribution in [0.5, 0.6) is 0 Å². The Labute approximate surface area is 185 Å². The summed E-state index contributed by atoms with van der Waals surface area (Å²) in [6, 6.07) is 0. The van der Waals surface area contributed by atoms with E-state index in [0.717, 1.165) is 38.5 Å². The highest BCUT2D eigenvalue weighted by atomic mass is 16.5. The molecule has 0 spiro atoms. The summed E-state index contributed by atoms with van der Waals surface area (Å²) >= 11 is 0. The van der Waals surface area contributed by atoms with Crippen molar-refractivity contribution in [3.8, 4) is 0 Å². The van der Waals surface area contributed by atoms with Crippen LogP contribution in [0.2, 0.25) is 0 Å². The number of fused-ring (bicyclic) bond motifs is 5. The molecule has 9 atom stereocenters. The minimum absolute atomic E-state index is 0.000446. The van der Waals surface area contributed by atoms with Gasteiger partial charge in [-0.2, -0.15) is 4.80 Å². The second-order valence-corrected chi connectivity index (χ2v) is 11.5. The van der Waals surface area contributed by atoms with E-state index in [-0.39, 0.29) is 29.8 Å². The summed E-state index contributed by atoms with van der Waals surface area (Å²) in [7, 11) is 1.83. The number of carbonyl (C=O) groups excluding carboxylic acids is 1. The number of aromatic nitrogens is 4. The maximum Gasteiger partial charge on any atom is 0.171 e. The molecule has 7 heteroatoms. The number of tetrazole rings is 1. The van der Waals surface area contributed by atoms with Crippen LogP contribution in [0.15, 0.2) is 0 Å². The van der Waals surface area contributed by atoms with Crippen molar-refractivity contribution in [1.29, 1.82) is 0 Å². The summed E-state index contributed by atoms with van der Waals surface area (Å²) in [6.45, 7) is 6.35. The van der Waals surface area contributed by atoms with Crippen molar-refractivity contribution in [3.63, 3.8) is 0 Å². The molecule has 1 heterocycles. The van der Waals surface area contributed by atoms with E-state index >= 15 is 0 Å². The van der Waals surface area contributed by atoms with Gasteiger partial charge in [-0.15, -0.1) is 10.2 Å². The fourth-order valence-electron chi connectivity index (χ4n) is 8.56. The standard InChI is InChI=1S/C24H38N4O3/c1-14-25-27-28(26-14)13-21(29)20-8-7-19-17-6-5-15-12-23(2,30)10-9-16(15)18(17)11-22(31-4)24(19,20)3/h15-20,22,30H,5-13H2,1-4H3/t15-,16-,17+,18+,19-,20+,22+,23+,24-/m0/s1. The van der Waals surface area contributed by atoms with E-state index in [4.69, 9.17) is 4.74 Å². The zero-order valence-electron chi connectivity index (χ0n) is 19.5. The second kappa shape index (κ2) is 7.62. The van der Waals surface area contributed by atoms with Crippen LogP contribution in [-0.2, 0) is 16.1 Å². The van der Waals surface area contributed by atoms with Gasteiger partial charge in [0.15, 0.2) is 11.6 Å². The highest BCUT2D eigenvalue weighted by molar-refractivity contribution is 5.82. The minimum atomic E-state index is -0.490. The third-order valence-electron chi connectivity index (χ3n) is 9.83. The highest BCUT2D eigenvalue weighted by Crippen LogP contribution is 2.65. The first-order valence-electron chi connectivity index (χ1n) is 12.2. The third-order valence-corrected chi connectivity index (χ3v) is 9.83. The molecular weight excluding hydrogens is 392 g/mol. The van der Waals surface area contributed by atoms with Crippen molar-refractivity contribution in [3.05, 3.63) is 5.82 Å². The molecule has 0 amide bonds. The van der Waals surface area contributed by atoms with Crippen molar-refractivity contribution in [2.24, 2.45) is 40.9 Å². The van der Waals surface area contributed by atoms with Crippen LogP contribution < -0.4 is 0 Å². The van der Waals surface area contributed by atoms with Gasteiger partial charge >= 0.3 is 0 Å². The van der Waals surface area contributed by atoms with Gasteiger partial charge < -0.3 is 9.84 Å². The fraction of sp³-hybridized carbons (Fsp3) is 0.917. The molecule has 4 saturated carbocycles. The van der Waals surface area contributed by atoms with Gasteiger partial charge in [-0.05, 0) is 100 Å². The summed E-state index contributed by atoms with van der Waals surface area (Å²) in [4.78, 5) is 14.8. The molecule has 0 aliphatic heterocycles. The van der Waals surface area contributed by atoms with Crippen LogP contribution in [0.25, 0.3) is 0 Å². The van der Waals surface area contributed by atoms with E-state index in [1.807, 2.05) is 14.0 Å². The number of nitrogens with zero attached hydrogens (tertiary/aromatic N) is 4. The van der Waals surface area contributed by atoms with E-state index < -0.39 is 5.60 Å². The topological polar surface area (TPSA) is 90.1 Å². The predicted octanol–water partition coefficient (Wildman–Crippen LogP) is 3.20. The number of aryl methyl sites for hydroxylation is 1. The second-order valence-electron chi connectivity index (χ2n) is 11.5. The Balaban J connectivity index is 1.38. The van der Waals surface area contributed by atoms with Crippen LogP contribution in [0, 0.1) is 47.8 Å². The molecule has 31 heavy (non-hydrogen) atoms. The first-order chi connectivity index (χ1) is 14.7. The third kappa shape index (κ3) is 3.47. The molecule has 0 radical (unpaired) electrons. The molecule has 0 unspecified atom stereocenters. The highest BCUT2D eigenvalue weighted by Gasteiger charge is 2.62. The van der Waals surface area contributed by atoms with E-state index in [0.29, 0.717) is 35.4 Å². The van der Waals surface area contributed by atoms with Crippen LogP contribution in [0.1, 0.15) is 71.0 Å². The molecule has 0 aromatic carbocycles. The smallest absolute Gasteiger partial charge is 0.171 e. The van der Waals surface area contributed by atoms with E-state index in [9.17, 15) is 9.90 Å². The van der Waals surface area contributed by atoms with Gasteiger partial charge in [0.05, 0.1) is 11.7 Å². The molecule has 0 saturated heterocycles. The van der Waals surface area contributed by atoms with Crippen LogP contribution in [0.3, 0.4) is 0 Å². The zero-order valence-corrected chi connectivity index (χ0v) is 19.5. The van der Waals surface area contributed by atoms with Gasteiger partial charge in [-0.3, -0.25) is 4.79 Å². The minimum Gasteiger partial charge on any atom is -0.390 e. The van der Waals surface area contributed by atoms with Crippen LogP contribution >= 0.6 is 0 Å². The maximum atomic E-state index is 13.4. The normalized spacial score (nSPS) is 46.8. The molecule has 7 nitrogen and oxygen atoms in total. The largest absolute Gasteiger partial charge is 0.390 e. The fourth-order valence-corrected chi connectivity index (χ4v) is 8.56. The monoisotopic (exact) mass is 430 g/mol. The molecule has 4 aliphatic rings. The Hall–Kier alpha value is -1.34. The number of hydrogen-bond acceptors (Lipinski definition) is 6. The molecule has 1 aromatic rings. The summed E-state index contributed by atoms with van der Waals surface area (Å²) in [5.74, 6) is 4.08.